The summed E-state index contributed by atoms with van der Waals surface area (Å²) in [4.78, 5) is 25.1. The van der Waals surface area contributed by atoms with Crippen LogP contribution in [-0.4, -0.2) is 27.6 Å². The molecule has 1 aromatic heterocycles. The Morgan fingerprint density at radius 3 is 2.62 bits per heavy atom. The van der Waals surface area contributed by atoms with Crippen LogP contribution >= 0.6 is 0 Å². The average molecular weight is 437 g/mol. The van der Waals surface area contributed by atoms with Gasteiger partial charge in [-0.15, -0.1) is 0 Å². The fourth-order valence-corrected chi connectivity index (χ4v) is 7.71. The second kappa shape index (κ2) is 7.43. The van der Waals surface area contributed by atoms with Crippen LogP contribution < -0.4 is 0 Å². The topological polar surface area (TPSA) is 61.2 Å². The van der Waals surface area contributed by atoms with Gasteiger partial charge in [-0.2, -0.15) is 5.10 Å². The molecule has 1 heterocycles. The van der Waals surface area contributed by atoms with Gasteiger partial charge in [-0.1, -0.05) is 25.5 Å². The third-order valence-corrected chi connectivity index (χ3v) is 9.41. The molecule has 172 valence electrons. The van der Waals surface area contributed by atoms with E-state index < -0.39 is 0 Å². The van der Waals surface area contributed by atoms with Crippen molar-refractivity contribution in [1.29, 1.82) is 0 Å². The number of hydrogen-bond donors (Lipinski definition) is 0. The second-order valence-corrected chi connectivity index (χ2v) is 11.2. The maximum Gasteiger partial charge on any atom is 0.302 e. The zero-order chi connectivity index (χ0) is 22.8. The first-order valence-corrected chi connectivity index (χ1v) is 12.2. The minimum absolute atomic E-state index is 0.0301. The van der Waals surface area contributed by atoms with Gasteiger partial charge in [0.1, 0.15) is 6.10 Å². The largest absolute Gasteiger partial charge is 0.462 e. The Bertz CT molecular complexity index is 1030. The fourth-order valence-electron chi connectivity index (χ4n) is 7.71. The van der Waals surface area contributed by atoms with Crippen molar-refractivity contribution in [2.75, 3.05) is 0 Å². The van der Waals surface area contributed by atoms with Gasteiger partial charge in [-0.25, -0.2) is 0 Å². The van der Waals surface area contributed by atoms with E-state index in [1.807, 2.05) is 24.9 Å². The smallest absolute Gasteiger partial charge is 0.302 e. The summed E-state index contributed by atoms with van der Waals surface area (Å²) in [5, 5.41) is 4.45. The molecule has 5 heteroatoms. The third-order valence-electron chi connectivity index (χ3n) is 9.41. The van der Waals surface area contributed by atoms with Crippen molar-refractivity contribution in [3.8, 4) is 0 Å². The predicted octanol–water partition coefficient (Wildman–Crippen LogP) is 5.19. The van der Waals surface area contributed by atoms with Gasteiger partial charge in [0.25, 0.3) is 0 Å². The molecule has 0 radical (unpaired) electrons. The summed E-state index contributed by atoms with van der Waals surface area (Å²) in [5.41, 5.74) is 4.47. The van der Waals surface area contributed by atoms with Crippen molar-refractivity contribution < 1.29 is 14.3 Å². The molecule has 0 unspecified atom stereocenters. The molecule has 6 atom stereocenters. The van der Waals surface area contributed by atoms with Crippen LogP contribution in [0.4, 0.5) is 0 Å². The van der Waals surface area contributed by atoms with Crippen LogP contribution in [0.15, 0.2) is 23.4 Å². The lowest BCUT2D eigenvalue weighted by Crippen LogP contribution is -2.50. The number of carbonyl (C=O) groups is 2. The highest BCUT2D eigenvalue weighted by molar-refractivity contribution is 6.06. The van der Waals surface area contributed by atoms with E-state index in [-0.39, 0.29) is 22.9 Å². The summed E-state index contributed by atoms with van der Waals surface area (Å²) in [6, 6.07) is 0. The van der Waals surface area contributed by atoms with Crippen LogP contribution in [0.25, 0.3) is 6.08 Å². The second-order valence-electron chi connectivity index (χ2n) is 11.2. The summed E-state index contributed by atoms with van der Waals surface area (Å²) >= 11 is 0. The molecule has 0 bridgehead atoms. The number of rotatable bonds is 2. The first-order chi connectivity index (χ1) is 15.1. The number of carbonyl (C=O) groups excluding carboxylic acids is 2. The Labute approximate surface area is 191 Å². The molecule has 5 rings (SSSR count). The van der Waals surface area contributed by atoms with E-state index in [2.05, 4.69) is 31.1 Å². The maximum atomic E-state index is 13.6. The van der Waals surface area contributed by atoms with Gasteiger partial charge < -0.3 is 4.74 Å². The van der Waals surface area contributed by atoms with Crippen molar-refractivity contribution in [3.05, 3.63) is 34.7 Å². The van der Waals surface area contributed by atoms with Crippen molar-refractivity contribution in [3.63, 3.8) is 0 Å². The number of hydrogen-bond acceptors (Lipinski definition) is 4. The molecule has 1 aromatic rings. The number of Topliss-reactive ketones (excluding diaryl/α,β-unsaturated/α-hetero) is 1. The standard InChI is InChI=1S/C27H36N2O3/c1-16-19(15-29(5)28-16)12-18-13-24-22-7-6-20-14-21(32-17(2)30)8-10-26(20,3)23(22)9-11-27(24,4)25(18)31/h6,12,15,21-24H,7-11,13-14H2,1-5H3/b18-12+/t21-,22+,23-,24-,26+,27+/m1/s1. The third kappa shape index (κ3) is 3.22. The lowest BCUT2D eigenvalue weighted by molar-refractivity contribution is -0.148. The minimum atomic E-state index is -0.236. The van der Waals surface area contributed by atoms with E-state index in [9.17, 15) is 9.59 Å². The number of ketones is 1. The molecule has 4 aliphatic carbocycles. The first-order valence-electron chi connectivity index (χ1n) is 12.2. The summed E-state index contributed by atoms with van der Waals surface area (Å²) in [7, 11) is 1.93. The number of aromatic nitrogens is 2. The van der Waals surface area contributed by atoms with E-state index in [1.165, 1.54) is 12.5 Å². The lowest BCUT2D eigenvalue weighted by atomic mass is 9.48. The fraction of sp³-hybridized carbons (Fsp3) is 0.667. The molecule has 32 heavy (non-hydrogen) atoms. The van der Waals surface area contributed by atoms with Crippen LogP contribution in [0, 0.1) is 35.5 Å². The molecule has 0 aromatic carbocycles. The summed E-state index contributed by atoms with van der Waals surface area (Å²) < 4.78 is 7.39. The van der Waals surface area contributed by atoms with Crippen molar-refractivity contribution >= 4 is 17.8 Å². The summed E-state index contributed by atoms with van der Waals surface area (Å²) in [5.74, 6) is 1.78. The zero-order valence-corrected chi connectivity index (χ0v) is 20.1. The normalized spacial score (nSPS) is 39.8. The molecule has 3 fully saturated rings. The molecule has 0 saturated heterocycles. The van der Waals surface area contributed by atoms with Crippen LogP contribution in [-0.2, 0) is 21.4 Å². The zero-order valence-electron chi connectivity index (χ0n) is 20.1. The van der Waals surface area contributed by atoms with E-state index in [4.69, 9.17) is 4.74 Å². The highest BCUT2D eigenvalue weighted by Crippen LogP contribution is 2.64. The molecule has 0 N–H and O–H groups in total. The Hall–Kier alpha value is -2.17. The van der Waals surface area contributed by atoms with Gasteiger partial charge >= 0.3 is 5.97 Å². The van der Waals surface area contributed by atoms with E-state index in [0.29, 0.717) is 23.5 Å². The molecule has 4 aliphatic rings. The monoisotopic (exact) mass is 436 g/mol. The van der Waals surface area contributed by atoms with Crippen molar-refractivity contribution in [2.45, 2.75) is 78.7 Å². The molecule has 0 amide bonds. The van der Waals surface area contributed by atoms with Crippen molar-refractivity contribution in [2.24, 2.45) is 35.6 Å². The number of aryl methyl sites for hydroxylation is 2. The minimum Gasteiger partial charge on any atom is -0.462 e. The molecular formula is C27H36N2O3. The highest BCUT2D eigenvalue weighted by atomic mass is 16.5. The maximum absolute atomic E-state index is 13.6. The number of allylic oxidation sites excluding steroid dienone is 2. The van der Waals surface area contributed by atoms with Gasteiger partial charge in [0.15, 0.2) is 5.78 Å². The van der Waals surface area contributed by atoms with Crippen LogP contribution in [0.3, 0.4) is 0 Å². The number of fused-ring (bicyclic) bond motifs is 5. The van der Waals surface area contributed by atoms with E-state index in [1.54, 1.807) is 0 Å². The average Bonchev–Trinajstić information content (AvgIpc) is 3.17. The Balaban J connectivity index is 1.43. The molecular weight excluding hydrogens is 400 g/mol. The highest BCUT2D eigenvalue weighted by Gasteiger charge is 2.60. The van der Waals surface area contributed by atoms with Gasteiger partial charge in [0, 0.05) is 37.6 Å². The summed E-state index contributed by atoms with van der Waals surface area (Å²) in [6.07, 6.45) is 13.5. The van der Waals surface area contributed by atoms with Gasteiger partial charge in [0.2, 0.25) is 0 Å². The van der Waals surface area contributed by atoms with Crippen LogP contribution in [0.1, 0.15) is 77.0 Å². The number of esters is 1. The predicted molar refractivity (Wildman–Crippen MR) is 124 cm³/mol. The van der Waals surface area contributed by atoms with E-state index >= 15 is 0 Å². The Morgan fingerprint density at radius 1 is 1.19 bits per heavy atom. The Morgan fingerprint density at radius 2 is 1.94 bits per heavy atom. The number of nitrogens with zero attached hydrogens (tertiary/aromatic N) is 2. The molecule has 0 spiro atoms. The molecule has 5 nitrogen and oxygen atoms in total. The Kier molecular flexibility index (Phi) is 5.03. The SMILES string of the molecule is CC(=O)O[C@@H]1CC[C@@]2(C)C(=CC[C@H]3[C@H]2CC[C@]2(C)C(=O)/C(=C/c4cn(C)nc4C)C[C@H]32)C1. The summed E-state index contributed by atoms with van der Waals surface area (Å²) in [6.45, 7) is 8.19. The number of ether oxygens (including phenoxy) is 1. The van der Waals surface area contributed by atoms with Crippen molar-refractivity contribution in [1.82, 2.24) is 9.78 Å². The van der Waals surface area contributed by atoms with Gasteiger partial charge in [0.05, 0.1) is 5.69 Å². The van der Waals surface area contributed by atoms with E-state index in [0.717, 1.165) is 61.8 Å². The van der Waals surface area contributed by atoms with Crippen LogP contribution in [0.2, 0.25) is 0 Å². The van der Waals surface area contributed by atoms with Gasteiger partial charge in [-0.05, 0) is 80.3 Å². The molecule has 0 aliphatic heterocycles. The first kappa shape index (κ1) is 21.7. The van der Waals surface area contributed by atoms with Gasteiger partial charge in [-0.3, -0.25) is 14.3 Å². The van der Waals surface area contributed by atoms with Crippen LogP contribution in [0.5, 0.6) is 0 Å². The quantitative estimate of drug-likeness (QED) is 0.364. The molecule has 3 saturated carbocycles. The lowest BCUT2D eigenvalue weighted by Gasteiger charge is -2.56.